The third-order valence-electron chi connectivity index (χ3n) is 6.00. The molecular weight excluding hydrogens is 476 g/mol. The van der Waals surface area contributed by atoms with Crippen molar-refractivity contribution in [3.63, 3.8) is 0 Å². The zero-order valence-corrected chi connectivity index (χ0v) is 19.5. The van der Waals surface area contributed by atoms with Crippen LogP contribution in [0.1, 0.15) is 41.1 Å². The number of benzene rings is 2. The average Bonchev–Trinajstić information content (AvgIpc) is 2.83. The highest BCUT2D eigenvalue weighted by Crippen LogP contribution is 2.43. The van der Waals surface area contributed by atoms with Gasteiger partial charge in [-0.2, -0.15) is 0 Å². The summed E-state index contributed by atoms with van der Waals surface area (Å²) in [6, 6.07) is 15.1. The average molecular weight is 501 g/mol. The van der Waals surface area contributed by atoms with E-state index in [0.717, 1.165) is 22.9 Å². The molecule has 1 saturated heterocycles. The van der Waals surface area contributed by atoms with Crippen molar-refractivity contribution in [3.05, 3.63) is 76.0 Å². The van der Waals surface area contributed by atoms with Crippen LogP contribution in [0.4, 0.5) is 0 Å². The number of Topliss-reactive ketones (excluding diaryl/α,β-unsaturated/α-hetero) is 1. The molecule has 0 amide bonds. The van der Waals surface area contributed by atoms with Gasteiger partial charge in [-0.05, 0) is 60.9 Å². The lowest BCUT2D eigenvalue weighted by Gasteiger charge is -2.42. The van der Waals surface area contributed by atoms with Crippen LogP contribution in [-0.2, 0) is 19.0 Å². The van der Waals surface area contributed by atoms with Crippen LogP contribution in [0.5, 0.6) is 5.75 Å². The molecule has 0 spiro atoms. The zero-order chi connectivity index (χ0) is 22.7. The Morgan fingerprint density at radius 3 is 2.41 bits per heavy atom. The molecule has 0 aromatic heterocycles. The van der Waals surface area contributed by atoms with E-state index >= 15 is 0 Å². The number of hydrogen-bond acceptors (Lipinski definition) is 6. The van der Waals surface area contributed by atoms with Crippen LogP contribution in [0.3, 0.4) is 0 Å². The van der Waals surface area contributed by atoms with Crippen LogP contribution in [0.15, 0.2) is 64.8 Å². The predicted octanol–water partition coefficient (Wildman–Crippen LogP) is 5.02. The number of rotatable bonds is 6. The minimum Gasteiger partial charge on any atom is -0.497 e. The monoisotopic (exact) mass is 500 g/mol. The highest BCUT2D eigenvalue weighted by atomic mass is 79.9. The molecule has 0 bridgehead atoms. The fraction of sp³-hybridized carbons (Fsp3) is 0.360. The second kappa shape index (κ2) is 9.88. The normalized spacial score (nSPS) is 24.5. The van der Waals surface area contributed by atoms with Crippen LogP contribution >= 0.6 is 15.9 Å². The van der Waals surface area contributed by atoms with Crippen molar-refractivity contribution >= 4 is 27.7 Å². The summed E-state index contributed by atoms with van der Waals surface area (Å²) in [5.41, 5.74) is 1.69. The van der Waals surface area contributed by atoms with Gasteiger partial charge in [-0.1, -0.05) is 28.1 Å². The minimum absolute atomic E-state index is 0.0000977. The summed E-state index contributed by atoms with van der Waals surface area (Å²) in [7, 11) is 2.91. The zero-order valence-electron chi connectivity index (χ0n) is 18.0. The Bertz CT molecular complexity index is 998. The second-order valence-electron chi connectivity index (χ2n) is 7.94. The number of esters is 1. The predicted molar refractivity (Wildman–Crippen MR) is 121 cm³/mol. The first-order chi connectivity index (χ1) is 15.5. The lowest BCUT2D eigenvalue weighted by atomic mass is 9.78. The highest BCUT2D eigenvalue weighted by molar-refractivity contribution is 9.10. The number of ketones is 1. The van der Waals surface area contributed by atoms with E-state index in [1.807, 2.05) is 30.3 Å². The first-order valence-electron chi connectivity index (χ1n) is 10.5. The van der Waals surface area contributed by atoms with Gasteiger partial charge in [0.15, 0.2) is 5.78 Å². The maximum atomic E-state index is 12.8. The van der Waals surface area contributed by atoms with Crippen molar-refractivity contribution in [3.8, 4) is 5.75 Å². The lowest BCUT2D eigenvalue weighted by molar-refractivity contribution is -0.215. The number of methoxy groups -OCH3 is 2. The van der Waals surface area contributed by atoms with Gasteiger partial charge in [-0.15, -0.1) is 0 Å². The molecule has 2 aromatic rings. The summed E-state index contributed by atoms with van der Waals surface area (Å²) in [5.74, 6) is 0.302. The third-order valence-corrected chi connectivity index (χ3v) is 6.53. The quantitative estimate of drug-likeness (QED) is 0.409. The number of fused-ring (bicyclic) bond motifs is 1. The lowest BCUT2D eigenvalue weighted by Crippen LogP contribution is -2.43. The van der Waals surface area contributed by atoms with E-state index in [1.54, 1.807) is 31.4 Å². The number of carbonyl (C=O) groups is 2. The Labute approximate surface area is 195 Å². The summed E-state index contributed by atoms with van der Waals surface area (Å²) in [6.45, 7) is 0. The topological polar surface area (TPSA) is 71.1 Å². The van der Waals surface area contributed by atoms with Crippen LogP contribution in [-0.4, -0.2) is 38.4 Å². The number of allylic oxidation sites excluding steroid dienone is 1. The van der Waals surface area contributed by atoms with E-state index < -0.39 is 12.3 Å². The summed E-state index contributed by atoms with van der Waals surface area (Å²) < 4.78 is 23.1. The third kappa shape index (κ3) is 4.89. The van der Waals surface area contributed by atoms with Crippen molar-refractivity contribution in [2.75, 3.05) is 14.2 Å². The largest absolute Gasteiger partial charge is 0.497 e. The maximum Gasteiger partial charge on any atom is 0.373 e. The van der Waals surface area contributed by atoms with Gasteiger partial charge in [-0.25, -0.2) is 4.79 Å². The standard InChI is InChI=1S/C25H25BrO6/c1-29-18-9-5-16(6-10-18)22(27)13-19-11-12-20-21(15-3-7-17(26)8-4-15)14-23(24(28)30-2)32-25(20)31-19/h3-10,14,19-21,25H,11-13H2,1-2H3/t19-,20-,21-,25-/m1/s1. The van der Waals surface area contributed by atoms with Gasteiger partial charge in [0.1, 0.15) is 5.75 Å². The highest BCUT2D eigenvalue weighted by Gasteiger charge is 2.43. The molecule has 32 heavy (non-hydrogen) atoms. The molecule has 4 rings (SSSR count). The van der Waals surface area contributed by atoms with E-state index in [2.05, 4.69) is 15.9 Å². The van der Waals surface area contributed by atoms with Gasteiger partial charge in [-0.3, -0.25) is 4.79 Å². The van der Waals surface area contributed by atoms with Crippen molar-refractivity contribution in [2.45, 2.75) is 37.6 Å². The molecule has 2 aromatic carbocycles. The summed E-state index contributed by atoms with van der Waals surface area (Å²) >= 11 is 3.46. The SMILES string of the molecule is COC(=O)C1=C[C@H](c2ccc(Br)cc2)[C@H]2CC[C@H](CC(=O)c3ccc(OC)cc3)O[C@@H]2O1. The van der Waals surface area contributed by atoms with E-state index in [9.17, 15) is 9.59 Å². The van der Waals surface area contributed by atoms with Crippen LogP contribution in [0.2, 0.25) is 0 Å². The summed E-state index contributed by atoms with van der Waals surface area (Å²) in [4.78, 5) is 25.0. The Morgan fingerprint density at radius 2 is 1.75 bits per heavy atom. The smallest absolute Gasteiger partial charge is 0.373 e. The van der Waals surface area contributed by atoms with Crippen LogP contribution < -0.4 is 4.74 Å². The van der Waals surface area contributed by atoms with Gasteiger partial charge >= 0.3 is 5.97 Å². The Balaban J connectivity index is 1.50. The Kier molecular flexibility index (Phi) is 6.96. The van der Waals surface area contributed by atoms with Crippen molar-refractivity contribution in [1.29, 1.82) is 0 Å². The van der Waals surface area contributed by atoms with Gasteiger partial charge in [0.05, 0.1) is 20.3 Å². The Morgan fingerprint density at radius 1 is 1.03 bits per heavy atom. The molecule has 4 atom stereocenters. The molecule has 2 aliphatic rings. The Hall–Kier alpha value is -2.64. The molecule has 0 unspecified atom stereocenters. The second-order valence-corrected chi connectivity index (χ2v) is 8.86. The van der Waals surface area contributed by atoms with E-state index in [0.29, 0.717) is 11.3 Å². The van der Waals surface area contributed by atoms with Crippen LogP contribution in [0.25, 0.3) is 0 Å². The minimum atomic E-state index is -0.620. The van der Waals surface area contributed by atoms with E-state index in [-0.39, 0.29) is 35.9 Å². The molecule has 0 radical (unpaired) electrons. The van der Waals surface area contributed by atoms with Crippen molar-refractivity contribution in [2.24, 2.45) is 5.92 Å². The molecule has 168 valence electrons. The van der Waals surface area contributed by atoms with Crippen molar-refractivity contribution < 1.29 is 28.5 Å². The molecule has 1 fully saturated rings. The van der Waals surface area contributed by atoms with E-state index in [4.69, 9.17) is 18.9 Å². The molecule has 7 heteroatoms. The van der Waals surface area contributed by atoms with Gasteiger partial charge < -0.3 is 18.9 Å². The summed E-state index contributed by atoms with van der Waals surface area (Å²) in [6.07, 6.45) is 2.72. The first kappa shape index (κ1) is 22.6. The molecule has 0 N–H and O–H groups in total. The fourth-order valence-corrected chi connectivity index (χ4v) is 4.55. The molecule has 6 nitrogen and oxygen atoms in total. The van der Waals surface area contributed by atoms with Gasteiger partial charge in [0.2, 0.25) is 12.0 Å². The first-order valence-corrected chi connectivity index (χ1v) is 11.3. The molecule has 0 aliphatic carbocycles. The van der Waals surface area contributed by atoms with Crippen LogP contribution in [0, 0.1) is 5.92 Å². The van der Waals surface area contributed by atoms with Crippen molar-refractivity contribution in [1.82, 2.24) is 0 Å². The molecule has 2 aliphatic heterocycles. The number of ether oxygens (including phenoxy) is 4. The van der Waals surface area contributed by atoms with Gasteiger partial charge in [0.25, 0.3) is 0 Å². The maximum absolute atomic E-state index is 12.8. The molecule has 2 heterocycles. The molecular formula is C25H25BrO6. The number of hydrogen-bond donors (Lipinski definition) is 0. The van der Waals surface area contributed by atoms with Gasteiger partial charge in [0, 0.05) is 28.3 Å². The fourth-order valence-electron chi connectivity index (χ4n) is 4.29. The molecule has 0 saturated carbocycles. The number of carbonyl (C=O) groups excluding carboxylic acids is 2. The van der Waals surface area contributed by atoms with E-state index in [1.165, 1.54) is 7.11 Å². The number of halogens is 1. The summed E-state index contributed by atoms with van der Waals surface area (Å²) in [5, 5.41) is 0.